The first-order valence-electron chi connectivity index (χ1n) is 10.7. The van der Waals surface area contributed by atoms with Gasteiger partial charge in [-0.3, -0.25) is 13.9 Å². The molecule has 0 bridgehead atoms. The van der Waals surface area contributed by atoms with E-state index in [4.69, 9.17) is 23.2 Å². The van der Waals surface area contributed by atoms with Crippen LogP contribution in [0.3, 0.4) is 0 Å². The van der Waals surface area contributed by atoms with E-state index >= 15 is 0 Å². The van der Waals surface area contributed by atoms with Crippen molar-refractivity contribution in [2.75, 3.05) is 17.1 Å². The number of hydrogen-bond donors (Lipinski definition) is 1. The third kappa shape index (κ3) is 8.18. The Morgan fingerprint density at radius 3 is 2.15 bits per heavy atom. The van der Waals surface area contributed by atoms with Crippen molar-refractivity contribution in [2.24, 2.45) is 0 Å². The first-order valence-corrected chi connectivity index (χ1v) is 13.3. The standard InChI is InChI=1S/C24H31Cl2N3O4S/c1-16-8-7-9-18(10-16)14-28(17(2)23(31)27-24(3,4)5)22(30)15-29(34(6,32)33)21-12-19(25)11-20(26)13-21/h7-13,17H,14-15H2,1-6H3,(H,27,31)/t17-/m0/s1. The third-order valence-corrected chi connectivity index (χ3v) is 6.49. The number of sulfonamides is 1. The molecule has 0 aliphatic rings. The summed E-state index contributed by atoms with van der Waals surface area (Å²) in [5.74, 6) is -0.884. The molecule has 0 unspecified atom stereocenters. The molecule has 1 N–H and O–H groups in total. The summed E-state index contributed by atoms with van der Waals surface area (Å²) in [5.41, 5.74) is 1.49. The highest BCUT2D eigenvalue weighted by Gasteiger charge is 2.31. The summed E-state index contributed by atoms with van der Waals surface area (Å²) in [7, 11) is -3.87. The van der Waals surface area contributed by atoms with Gasteiger partial charge < -0.3 is 10.2 Å². The molecule has 0 aromatic heterocycles. The van der Waals surface area contributed by atoms with Crippen LogP contribution in [0.15, 0.2) is 42.5 Å². The lowest BCUT2D eigenvalue weighted by Gasteiger charge is -2.33. The second-order valence-corrected chi connectivity index (χ2v) is 12.1. The SMILES string of the molecule is Cc1cccc(CN(C(=O)CN(c2cc(Cl)cc(Cl)c2)S(C)(=O)=O)[C@@H](C)C(=O)NC(C)(C)C)c1. The van der Waals surface area contributed by atoms with Gasteiger partial charge in [0, 0.05) is 22.1 Å². The van der Waals surface area contributed by atoms with Crippen LogP contribution in [0.5, 0.6) is 0 Å². The van der Waals surface area contributed by atoms with Crippen molar-refractivity contribution in [3.05, 3.63) is 63.6 Å². The molecule has 0 saturated heterocycles. The van der Waals surface area contributed by atoms with Gasteiger partial charge in [-0.05, 0) is 58.4 Å². The van der Waals surface area contributed by atoms with Crippen LogP contribution in [0.25, 0.3) is 0 Å². The van der Waals surface area contributed by atoms with E-state index in [1.807, 2.05) is 52.0 Å². The number of hydrogen-bond acceptors (Lipinski definition) is 4. The van der Waals surface area contributed by atoms with Crippen LogP contribution in [0.1, 0.15) is 38.8 Å². The lowest BCUT2D eigenvalue weighted by Crippen LogP contribution is -2.54. The monoisotopic (exact) mass is 527 g/mol. The molecule has 0 aliphatic heterocycles. The van der Waals surface area contributed by atoms with Crippen molar-refractivity contribution in [1.82, 2.24) is 10.2 Å². The number of amides is 2. The summed E-state index contributed by atoms with van der Waals surface area (Å²) >= 11 is 12.1. The maximum absolute atomic E-state index is 13.5. The Hall–Kier alpha value is -2.29. The van der Waals surface area contributed by atoms with Gasteiger partial charge in [-0.15, -0.1) is 0 Å². The number of carbonyl (C=O) groups is 2. The van der Waals surface area contributed by atoms with Gasteiger partial charge in [0.1, 0.15) is 12.6 Å². The topological polar surface area (TPSA) is 86.8 Å². The lowest BCUT2D eigenvalue weighted by molar-refractivity contribution is -0.140. The number of rotatable bonds is 8. The van der Waals surface area contributed by atoms with E-state index in [9.17, 15) is 18.0 Å². The number of nitrogens with zero attached hydrogens (tertiary/aromatic N) is 2. The highest BCUT2D eigenvalue weighted by Crippen LogP contribution is 2.27. The van der Waals surface area contributed by atoms with Crippen molar-refractivity contribution < 1.29 is 18.0 Å². The molecule has 0 fully saturated rings. The summed E-state index contributed by atoms with van der Waals surface area (Å²) in [6.07, 6.45) is 0.996. The maximum atomic E-state index is 13.5. The number of nitrogens with one attached hydrogen (secondary N) is 1. The zero-order valence-electron chi connectivity index (χ0n) is 20.2. The number of carbonyl (C=O) groups excluding carboxylic acids is 2. The van der Waals surface area contributed by atoms with Crippen LogP contribution in [-0.4, -0.2) is 49.5 Å². The van der Waals surface area contributed by atoms with Crippen molar-refractivity contribution in [3.63, 3.8) is 0 Å². The molecule has 0 heterocycles. The van der Waals surface area contributed by atoms with Crippen molar-refractivity contribution in [2.45, 2.75) is 52.7 Å². The van der Waals surface area contributed by atoms with Gasteiger partial charge in [0.15, 0.2) is 0 Å². The molecular formula is C24H31Cl2N3O4S. The minimum absolute atomic E-state index is 0.132. The maximum Gasteiger partial charge on any atom is 0.244 e. The van der Waals surface area contributed by atoms with E-state index in [1.54, 1.807) is 6.92 Å². The first-order chi connectivity index (χ1) is 15.6. The average Bonchev–Trinajstić information content (AvgIpc) is 2.66. The van der Waals surface area contributed by atoms with Crippen molar-refractivity contribution in [3.8, 4) is 0 Å². The summed E-state index contributed by atoms with van der Waals surface area (Å²) in [6.45, 7) is 8.70. The molecule has 1 atom stereocenters. The Bertz CT molecular complexity index is 1140. The fourth-order valence-corrected chi connectivity index (χ4v) is 4.71. The third-order valence-electron chi connectivity index (χ3n) is 4.92. The van der Waals surface area contributed by atoms with Crippen molar-refractivity contribution >= 4 is 50.7 Å². The molecular weight excluding hydrogens is 497 g/mol. The Balaban J connectivity index is 2.44. The molecule has 0 radical (unpaired) electrons. The lowest BCUT2D eigenvalue weighted by atomic mass is 10.1. The van der Waals surface area contributed by atoms with Crippen LogP contribution in [0.4, 0.5) is 5.69 Å². The van der Waals surface area contributed by atoms with Crippen molar-refractivity contribution in [1.29, 1.82) is 0 Å². The number of anilines is 1. The summed E-state index contributed by atoms with van der Waals surface area (Å²) in [5, 5.41) is 3.35. The minimum Gasteiger partial charge on any atom is -0.350 e. The Morgan fingerprint density at radius 1 is 1.06 bits per heavy atom. The number of benzene rings is 2. The van der Waals surface area contributed by atoms with Gasteiger partial charge in [-0.1, -0.05) is 53.0 Å². The van der Waals surface area contributed by atoms with E-state index in [1.165, 1.54) is 23.1 Å². The van der Waals surface area contributed by atoms with Gasteiger partial charge in [0.2, 0.25) is 21.8 Å². The number of aryl methyl sites for hydroxylation is 1. The van der Waals surface area contributed by atoms with E-state index in [-0.39, 0.29) is 28.2 Å². The largest absolute Gasteiger partial charge is 0.350 e. The highest BCUT2D eigenvalue weighted by atomic mass is 35.5. The van der Waals surface area contributed by atoms with E-state index in [2.05, 4.69) is 5.32 Å². The molecule has 0 spiro atoms. The molecule has 2 aromatic rings. The normalized spacial score (nSPS) is 12.7. The van der Waals surface area contributed by atoms with E-state index in [0.29, 0.717) is 0 Å². The summed E-state index contributed by atoms with van der Waals surface area (Å²) in [6, 6.07) is 11.0. The zero-order chi connectivity index (χ0) is 25.8. The van der Waals surface area contributed by atoms with Crippen LogP contribution < -0.4 is 9.62 Å². The van der Waals surface area contributed by atoms with Crippen LogP contribution in [0.2, 0.25) is 10.0 Å². The molecule has 2 rings (SSSR count). The van der Waals surface area contributed by atoms with Gasteiger partial charge in [-0.25, -0.2) is 8.42 Å². The minimum atomic E-state index is -3.87. The fourth-order valence-electron chi connectivity index (χ4n) is 3.36. The Kier molecular flexibility index (Phi) is 9.02. The molecule has 2 aromatic carbocycles. The smallest absolute Gasteiger partial charge is 0.244 e. The molecule has 2 amide bonds. The van der Waals surface area contributed by atoms with Crippen LogP contribution >= 0.6 is 23.2 Å². The summed E-state index contributed by atoms with van der Waals surface area (Å²) < 4.78 is 26.1. The second kappa shape index (κ2) is 11.0. The molecule has 186 valence electrons. The predicted octanol–water partition coefficient (Wildman–Crippen LogP) is 4.40. The zero-order valence-corrected chi connectivity index (χ0v) is 22.6. The molecule has 10 heteroatoms. The number of halogens is 2. The van der Waals surface area contributed by atoms with Gasteiger partial charge >= 0.3 is 0 Å². The highest BCUT2D eigenvalue weighted by molar-refractivity contribution is 7.92. The Morgan fingerprint density at radius 2 is 1.65 bits per heavy atom. The first kappa shape index (κ1) is 28.0. The second-order valence-electron chi connectivity index (χ2n) is 9.32. The molecule has 0 saturated carbocycles. The molecule has 0 aliphatic carbocycles. The van der Waals surface area contributed by atoms with E-state index in [0.717, 1.165) is 21.7 Å². The summed E-state index contributed by atoms with van der Waals surface area (Å²) in [4.78, 5) is 27.8. The fraction of sp³-hybridized carbons (Fsp3) is 0.417. The van der Waals surface area contributed by atoms with E-state index < -0.39 is 34.1 Å². The van der Waals surface area contributed by atoms with Crippen LogP contribution in [-0.2, 0) is 26.2 Å². The Labute approximate surface area is 212 Å². The quantitative estimate of drug-likeness (QED) is 0.551. The molecule has 7 nitrogen and oxygen atoms in total. The molecule has 34 heavy (non-hydrogen) atoms. The average molecular weight is 529 g/mol. The predicted molar refractivity (Wildman–Crippen MR) is 138 cm³/mol. The van der Waals surface area contributed by atoms with Crippen LogP contribution in [0, 0.1) is 6.92 Å². The van der Waals surface area contributed by atoms with Gasteiger partial charge in [0.05, 0.1) is 11.9 Å². The van der Waals surface area contributed by atoms with Gasteiger partial charge in [0.25, 0.3) is 0 Å². The van der Waals surface area contributed by atoms with Gasteiger partial charge in [-0.2, -0.15) is 0 Å².